The Balaban J connectivity index is 1.76. The van der Waals surface area contributed by atoms with E-state index >= 15 is 0 Å². The summed E-state index contributed by atoms with van der Waals surface area (Å²) in [5.41, 5.74) is 12.7. The molecule has 0 aliphatic carbocycles. The average molecular weight is 377 g/mol. The Morgan fingerprint density at radius 2 is 1.71 bits per heavy atom. The van der Waals surface area contributed by atoms with Crippen LogP contribution in [0.5, 0.6) is 0 Å². The maximum Gasteiger partial charge on any atom is 0.137 e. The smallest absolute Gasteiger partial charge is 0.137 e. The highest BCUT2D eigenvalue weighted by atomic mass is 15.2. The summed E-state index contributed by atoms with van der Waals surface area (Å²) in [5.74, 6) is 2.01. The van der Waals surface area contributed by atoms with Crippen molar-refractivity contribution in [3.05, 3.63) is 53.9 Å². The van der Waals surface area contributed by atoms with Gasteiger partial charge in [-0.05, 0) is 41.9 Å². The summed E-state index contributed by atoms with van der Waals surface area (Å²) in [6.45, 7) is 12.4. The Morgan fingerprint density at radius 1 is 1.04 bits per heavy atom. The monoisotopic (exact) mass is 376 g/mol. The quantitative estimate of drug-likeness (QED) is 0.682. The highest BCUT2D eigenvalue weighted by Gasteiger charge is 2.24. The van der Waals surface area contributed by atoms with Crippen molar-refractivity contribution in [2.75, 3.05) is 18.8 Å². The van der Waals surface area contributed by atoms with E-state index in [1.807, 2.05) is 18.3 Å². The van der Waals surface area contributed by atoms with Crippen molar-refractivity contribution < 1.29 is 0 Å². The number of anilines is 1. The molecule has 28 heavy (non-hydrogen) atoms. The van der Waals surface area contributed by atoms with E-state index in [0.717, 1.165) is 48.5 Å². The van der Waals surface area contributed by atoms with Gasteiger partial charge < -0.3 is 10.1 Å². The summed E-state index contributed by atoms with van der Waals surface area (Å²) in [4.78, 5) is 7.56. The fourth-order valence-electron chi connectivity index (χ4n) is 4.65. The number of fused-ring (bicyclic) bond motifs is 1. The molecule has 1 aliphatic heterocycles. The van der Waals surface area contributed by atoms with Crippen LogP contribution in [0.2, 0.25) is 0 Å². The predicted molar refractivity (Wildman–Crippen MR) is 117 cm³/mol. The van der Waals surface area contributed by atoms with Crippen LogP contribution in [0.15, 0.2) is 42.6 Å². The average Bonchev–Trinajstić information content (AvgIpc) is 2.98. The molecule has 0 spiro atoms. The summed E-state index contributed by atoms with van der Waals surface area (Å²) in [6, 6.07) is 12.8. The van der Waals surface area contributed by atoms with E-state index in [9.17, 15) is 0 Å². The molecule has 148 valence electrons. The van der Waals surface area contributed by atoms with Crippen LogP contribution in [-0.2, 0) is 6.54 Å². The highest BCUT2D eigenvalue weighted by Crippen LogP contribution is 2.30. The van der Waals surface area contributed by atoms with Gasteiger partial charge in [-0.25, -0.2) is 4.98 Å². The maximum absolute atomic E-state index is 6.11. The number of imidazole rings is 1. The first-order valence-corrected chi connectivity index (χ1v) is 10.5. The zero-order valence-corrected chi connectivity index (χ0v) is 17.5. The normalized spacial score (nSPS) is 20.9. The standard InChI is InChI=1S/C24H32N4/c1-16(2)19-5-7-20(8-6-19)24-22(15-27-12-17(3)11-18(4)13-27)28-14-21(25)9-10-23(28)26-24/h5-10,14,16-18H,11-13,15,25H2,1-4H3. The lowest BCUT2D eigenvalue weighted by Crippen LogP contribution is -2.38. The van der Waals surface area contributed by atoms with Crippen molar-refractivity contribution in [1.29, 1.82) is 0 Å². The van der Waals surface area contributed by atoms with Crippen LogP contribution in [0.4, 0.5) is 5.69 Å². The number of rotatable bonds is 4. The molecule has 0 radical (unpaired) electrons. The Kier molecular flexibility index (Phi) is 5.15. The van der Waals surface area contributed by atoms with Gasteiger partial charge >= 0.3 is 0 Å². The molecule has 1 aliphatic rings. The molecule has 3 aromatic rings. The van der Waals surface area contributed by atoms with Crippen LogP contribution in [0.1, 0.15) is 51.3 Å². The molecule has 0 bridgehead atoms. The van der Waals surface area contributed by atoms with Gasteiger partial charge in [-0.1, -0.05) is 52.0 Å². The minimum atomic E-state index is 0.533. The number of pyridine rings is 1. The third-order valence-corrected chi connectivity index (χ3v) is 5.91. The van der Waals surface area contributed by atoms with Crippen LogP contribution < -0.4 is 5.73 Å². The molecule has 0 saturated carbocycles. The second kappa shape index (κ2) is 7.59. The highest BCUT2D eigenvalue weighted by molar-refractivity contribution is 5.67. The van der Waals surface area contributed by atoms with Gasteiger partial charge in [0, 0.05) is 37.1 Å². The molecule has 2 atom stereocenters. The number of nitrogens with zero attached hydrogens (tertiary/aromatic N) is 3. The predicted octanol–water partition coefficient (Wildman–Crippen LogP) is 5.18. The Labute approximate surface area is 168 Å². The largest absolute Gasteiger partial charge is 0.398 e. The number of nitrogens with two attached hydrogens (primary N) is 1. The topological polar surface area (TPSA) is 46.6 Å². The van der Waals surface area contributed by atoms with Crippen molar-refractivity contribution in [1.82, 2.24) is 14.3 Å². The van der Waals surface area contributed by atoms with Gasteiger partial charge in [-0.3, -0.25) is 4.90 Å². The zero-order valence-electron chi connectivity index (χ0n) is 17.5. The number of aromatic nitrogens is 2. The van der Waals surface area contributed by atoms with Gasteiger partial charge in [0.05, 0.1) is 11.4 Å². The Bertz CT molecular complexity index is 945. The molecule has 2 N–H and O–H groups in total. The third kappa shape index (κ3) is 3.79. The zero-order chi connectivity index (χ0) is 19.8. The van der Waals surface area contributed by atoms with E-state index in [1.165, 1.54) is 23.2 Å². The number of likely N-dealkylation sites (tertiary alicyclic amines) is 1. The van der Waals surface area contributed by atoms with Gasteiger partial charge in [-0.15, -0.1) is 0 Å². The van der Waals surface area contributed by atoms with Crippen LogP contribution in [0.25, 0.3) is 16.9 Å². The number of piperidine rings is 1. The molecule has 4 rings (SSSR count). The molecule has 1 saturated heterocycles. The first kappa shape index (κ1) is 19.0. The summed E-state index contributed by atoms with van der Waals surface area (Å²) < 4.78 is 2.19. The van der Waals surface area contributed by atoms with E-state index in [2.05, 4.69) is 61.3 Å². The molecule has 0 amide bonds. The summed E-state index contributed by atoms with van der Waals surface area (Å²) >= 11 is 0. The van der Waals surface area contributed by atoms with Crippen molar-refractivity contribution in [2.24, 2.45) is 11.8 Å². The molecular formula is C24H32N4. The Morgan fingerprint density at radius 3 is 2.36 bits per heavy atom. The molecule has 2 unspecified atom stereocenters. The number of benzene rings is 1. The first-order chi connectivity index (χ1) is 13.4. The first-order valence-electron chi connectivity index (χ1n) is 10.5. The van der Waals surface area contributed by atoms with E-state index in [1.54, 1.807) is 0 Å². The molecule has 2 aromatic heterocycles. The molecule has 4 heteroatoms. The van der Waals surface area contributed by atoms with Crippen LogP contribution in [-0.4, -0.2) is 27.4 Å². The molecular weight excluding hydrogens is 344 g/mol. The summed E-state index contributed by atoms with van der Waals surface area (Å²) in [7, 11) is 0. The molecule has 1 fully saturated rings. The van der Waals surface area contributed by atoms with Crippen LogP contribution in [0.3, 0.4) is 0 Å². The van der Waals surface area contributed by atoms with Gasteiger partial charge in [-0.2, -0.15) is 0 Å². The lowest BCUT2D eigenvalue weighted by molar-refractivity contribution is 0.133. The lowest BCUT2D eigenvalue weighted by atomic mass is 9.91. The van der Waals surface area contributed by atoms with Gasteiger partial charge in [0.15, 0.2) is 0 Å². The van der Waals surface area contributed by atoms with Gasteiger partial charge in [0.1, 0.15) is 5.65 Å². The third-order valence-electron chi connectivity index (χ3n) is 5.91. The minimum absolute atomic E-state index is 0.533. The fraction of sp³-hybridized carbons (Fsp3) is 0.458. The van der Waals surface area contributed by atoms with Gasteiger partial charge in [0.2, 0.25) is 0 Å². The second-order valence-corrected chi connectivity index (χ2v) is 9.01. The Hall–Kier alpha value is -2.33. The maximum atomic E-state index is 6.11. The summed E-state index contributed by atoms with van der Waals surface area (Å²) in [5, 5.41) is 0. The fourth-order valence-corrected chi connectivity index (χ4v) is 4.65. The summed E-state index contributed by atoms with van der Waals surface area (Å²) in [6.07, 6.45) is 3.33. The van der Waals surface area contributed by atoms with E-state index < -0.39 is 0 Å². The van der Waals surface area contributed by atoms with Crippen molar-refractivity contribution in [3.8, 4) is 11.3 Å². The minimum Gasteiger partial charge on any atom is -0.398 e. The van der Waals surface area contributed by atoms with E-state index in [-0.39, 0.29) is 0 Å². The van der Waals surface area contributed by atoms with Crippen molar-refractivity contribution >= 4 is 11.3 Å². The number of hydrogen-bond donors (Lipinski definition) is 1. The molecule has 3 heterocycles. The van der Waals surface area contributed by atoms with Crippen LogP contribution >= 0.6 is 0 Å². The van der Waals surface area contributed by atoms with Gasteiger partial charge in [0.25, 0.3) is 0 Å². The number of hydrogen-bond acceptors (Lipinski definition) is 3. The second-order valence-electron chi connectivity index (χ2n) is 9.01. The van der Waals surface area contributed by atoms with Crippen molar-refractivity contribution in [3.63, 3.8) is 0 Å². The van der Waals surface area contributed by atoms with E-state index in [4.69, 9.17) is 10.7 Å². The molecule has 4 nitrogen and oxygen atoms in total. The van der Waals surface area contributed by atoms with E-state index in [0.29, 0.717) is 5.92 Å². The lowest BCUT2D eigenvalue weighted by Gasteiger charge is -2.35. The SMILES string of the molecule is CC1CC(C)CN(Cc2c(-c3ccc(C(C)C)cc3)nc3ccc(N)cn23)C1. The van der Waals surface area contributed by atoms with Crippen LogP contribution in [0, 0.1) is 11.8 Å². The van der Waals surface area contributed by atoms with Crippen molar-refractivity contribution in [2.45, 2.75) is 46.6 Å². The molecule has 1 aromatic carbocycles. The number of nitrogen functional groups attached to an aromatic ring is 1.